The molecule has 0 unspecified atom stereocenters. The summed E-state index contributed by atoms with van der Waals surface area (Å²) in [7, 11) is 0. The molecule has 2 aromatic heterocycles. The quantitative estimate of drug-likeness (QED) is 0.116. The summed E-state index contributed by atoms with van der Waals surface area (Å²) >= 11 is 0. The molecule has 0 bridgehead atoms. The molecule has 3 aromatic carbocycles. The molecule has 1 aliphatic heterocycles. The number of nitrogens with two attached hydrogens (primary N) is 1. The molecule has 11 nitrogen and oxygen atoms in total. The zero-order chi connectivity index (χ0) is 29.5. The number of nitrogens with zero attached hydrogens (tertiary/aromatic N) is 6. The van der Waals surface area contributed by atoms with E-state index in [9.17, 15) is 5.53 Å². The van der Waals surface area contributed by atoms with Gasteiger partial charge in [-0.2, -0.15) is 5.10 Å². The number of benzene rings is 3. The maximum Gasteiger partial charge on any atom is 0.218 e. The molecule has 1 aliphatic rings. The highest BCUT2D eigenvalue weighted by Gasteiger charge is 2.59. The van der Waals surface area contributed by atoms with Gasteiger partial charge in [0.05, 0.1) is 32.1 Å². The third kappa shape index (κ3) is 6.07. The second-order valence-electron chi connectivity index (χ2n) is 10.2. The lowest BCUT2D eigenvalue weighted by atomic mass is 9.99. The van der Waals surface area contributed by atoms with Gasteiger partial charge in [-0.1, -0.05) is 91.0 Å². The molecule has 6 rings (SSSR count). The maximum atomic E-state index is 9.91. The molecule has 2 N–H and O–H groups in total. The first kappa shape index (κ1) is 28.4. The van der Waals surface area contributed by atoms with Crippen molar-refractivity contribution in [3.8, 4) is 0 Å². The van der Waals surface area contributed by atoms with Crippen molar-refractivity contribution in [1.29, 1.82) is 0 Å². The van der Waals surface area contributed by atoms with Gasteiger partial charge in [-0.25, -0.2) is 9.50 Å². The Kier molecular flexibility index (Phi) is 8.60. The normalized spacial score (nSPS) is 21.5. The molecule has 218 valence electrons. The molecule has 11 heteroatoms. The molecule has 0 spiro atoms. The molecule has 0 radical (unpaired) electrons. The van der Waals surface area contributed by atoms with Crippen molar-refractivity contribution in [2.24, 2.45) is 5.11 Å². The molecular weight excluding hydrogens is 546 g/mol. The van der Waals surface area contributed by atoms with Crippen LogP contribution in [0.1, 0.15) is 22.4 Å². The van der Waals surface area contributed by atoms with Gasteiger partial charge in [0, 0.05) is 4.91 Å². The zero-order valence-corrected chi connectivity index (χ0v) is 23.3. The highest BCUT2D eigenvalue weighted by molar-refractivity contribution is 5.65. The van der Waals surface area contributed by atoms with Gasteiger partial charge in [-0.3, -0.25) is 0 Å². The van der Waals surface area contributed by atoms with E-state index in [2.05, 4.69) is 20.1 Å². The van der Waals surface area contributed by atoms with Crippen LogP contribution in [0, 0.1) is 0 Å². The Labute approximate surface area is 248 Å². The molecule has 43 heavy (non-hydrogen) atoms. The molecule has 0 saturated carbocycles. The first-order valence-electron chi connectivity index (χ1n) is 13.9. The van der Waals surface area contributed by atoms with Crippen LogP contribution in [0.25, 0.3) is 16.0 Å². The third-order valence-corrected chi connectivity index (χ3v) is 7.37. The lowest BCUT2D eigenvalue weighted by Crippen LogP contribution is -2.43. The average Bonchev–Trinajstić information content (AvgIpc) is 3.61. The van der Waals surface area contributed by atoms with Crippen LogP contribution in [0.4, 0.5) is 5.82 Å². The van der Waals surface area contributed by atoms with E-state index in [1.807, 2.05) is 91.0 Å². The number of rotatable bonds is 12. The Morgan fingerprint density at radius 3 is 2.07 bits per heavy atom. The minimum absolute atomic E-state index is 0.155. The molecule has 5 aromatic rings. The number of ether oxygens (including phenoxy) is 4. The molecule has 3 heterocycles. The highest BCUT2D eigenvalue weighted by Crippen LogP contribution is 2.45. The summed E-state index contributed by atoms with van der Waals surface area (Å²) in [5.41, 5.74) is 18.3. The number of nitrogen functional groups attached to an aromatic ring is 1. The third-order valence-electron chi connectivity index (χ3n) is 7.37. The van der Waals surface area contributed by atoms with E-state index in [0.717, 1.165) is 16.7 Å². The number of fused-ring (bicyclic) bond motifs is 1. The fourth-order valence-corrected chi connectivity index (χ4v) is 5.34. The Balaban J connectivity index is 1.40. The summed E-state index contributed by atoms with van der Waals surface area (Å²) in [6.45, 7) is 1.03. The number of hydrogen-bond donors (Lipinski definition) is 1. The Bertz CT molecular complexity index is 1680. The minimum Gasteiger partial charge on any atom is -0.382 e. The monoisotopic (exact) mass is 577 g/mol. The van der Waals surface area contributed by atoms with E-state index in [4.69, 9.17) is 24.7 Å². The fourth-order valence-electron chi connectivity index (χ4n) is 5.34. The molecular formula is C32H31N7O4. The second kappa shape index (κ2) is 13.0. The largest absolute Gasteiger partial charge is 0.382 e. The van der Waals surface area contributed by atoms with Crippen molar-refractivity contribution in [3.63, 3.8) is 0 Å². The van der Waals surface area contributed by atoms with Crippen molar-refractivity contribution in [3.05, 3.63) is 142 Å². The van der Waals surface area contributed by atoms with Crippen molar-refractivity contribution in [1.82, 2.24) is 14.6 Å². The number of hydrogen-bond acceptors (Lipinski definition) is 8. The highest BCUT2D eigenvalue weighted by atomic mass is 16.6. The lowest BCUT2D eigenvalue weighted by Gasteiger charge is -2.31. The Morgan fingerprint density at radius 1 is 0.837 bits per heavy atom. The van der Waals surface area contributed by atoms with Crippen LogP contribution in [0.3, 0.4) is 0 Å². The van der Waals surface area contributed by atoms with Crippen molar-refractivity contribution >= 4 is 11.3 Å². The number of anilines is 1. The molecule has 0 amide bonds. The van der Waals surface area contributed by atoms with Gasteiger partial charge < -0.3 is 24.7 Å². The topological polar surface area (TPSA) is 142 Å². The van der Waals surface area contributed by atoms with Gasteiger partial charge in [-0.05, 0) is 39.5 Å². The van der Waals surface area contributed by atoms with E-state index in [1.165, 1.54) is 6.33 Å². The molecule has 0 aliphatic carbocycles. The maximum absolute atomic E-state index is 9.91. The Hall–Kier alpha value is -4.77. The van der Waals surface area contributed by atoms with Crippen LogP contribution in [-0.4, -0.2) is 39.5 Å². The van der Waals surface area contributed by atoms with Crippen molar-refractivity contribution < 1.29 is 18.9 Å². The van der Waals surface area contributed by atoms with Crippen LogP contribution < -0.4 is 5.73 Å². The smallest absolute Gasteiger partial charge is 0.218 e. The summed E-state index contributed by atoms with van der Waals surface area (Å²) in [5, 5.41) is 8.68. The van der Waals surface area contributed by atoms with Gasteiger partial charge in [0.2, 0.25) is 5.72 Å². The zero-order valence-electron chi connectivity index (χ0n) is 23.3. The average molecular weight is 578 g/mol. The van der Waals surface area contributed by atoms with E-state index in [-0.39, 0.29) is 25.6 Å². The molecule has 4 atom stereocenters. The van der Waals surface area contributed by atoms with E-state index in [0.29, 0.717) is 17.8 Å². The van der Waals surface area contributed by atoms with E-state index < -0.39 is 24.0 Å². The summed E-state index contributed by atoms with van der Waals surface area (Å²) < 4.78 is 27.6. The van der Waals surface area contributed by atoms with Gasteiger partial charge in [0.25, 0.3) is 0 Å². The van der Waals surface area contributed by atoms with Gasteiger partial charge in [0.15, 0.2) is 5.82 Å². The molecule has 1 saturated heterocycles. The fraction of sp³-hybridized carbons (Fsp3) is 0.250. The number of azide groups is 1. The number of aromatic nitrogens is 3. The molecule has 1 fully saturated rings. The predicted octanol–water partition coefficient (Wildman–Crippen LogP) is 5.56. The second-order valence-corrected chi connectivity index (χ2v) is 10.2. The SMILES string of the molecule is [N-]=[N+]=N[C@@]1(c2ccc3c(N)ncnn23)O[C@H](COCc2ccccc2)[C@@H](OCc2ccccc2)[C@H]1OCc1ccccc1. The lowest BCUT2D eigenvalue weighted by molar-refractivity contribution is -0.125. The van der Waals surface area contributed by atoms with Crippen molar-refractivity contribution in [2.75, 3.05) is 12.3 Å². The Morgan fingerprint density at radius 2 is 1.44 bits per heavy atom. The standard InChI is InChI=1S/C32H31N7O4/c33-31-26-16-17-28(39(26)36-22-35-31)32(37-38-34)30(42-20-25-14-8-3-9-15-25)29(41-19-24-12-6-2-7-13-24)27(43-32)21-40-18-23-10-4-1-5-11-23/h1-17,22,27,29-30H,18-21H2,(H2,33,35,36)/t27-,29-,30-,32+/m1/s1. The minimum atomic E-state index is -1.67. The summed E-state index contributed by atoms with van der Waals surface area (Å²) in [6, 6.07) is 32.9. The van der Waals surface area contributed by atoms with Crippen molar-refractivity contribution in [2.45, 2.75) is 43.9 Å². The summed E-state index contributed by atoms with van der Waals surface area (Å²) in [6.07, 6.45) is -0.890. The van der Waals surface area contributed by atoms with Crippen LogP contribution in [-0.2, 0) is 44.5 Å². The van der Waals surface area contributed by atoms with Crippen LogP contribution >= 0.6 is 0 Å². The van der Waals surface area contributed by atoms with Crippen LogP contribution in [0.15, 0.2) is 115 Å². The van der Waals surface area contributed by atoms with Crippen LogP contribution in [0.2, 0.25) is 0 Å². The predicted molar refractivity (Wildman–Crippen MR) is 159 cm³/mol. The van der Waals surface area contributed by atoms with E-state index >= 15 is 0 Å². The van der Waals surface area contributed by atoms with Gasteiger partial charge >= 0.3 is 0 Å². The van der Waals surface area contributed by atoms with Gasteiger partial charge in [0.1, 0.15) is 30.2 Å². The first-order chi connectivity index (χ1) is 21.2. The summed E-state index contributed by atoms with van der Waals surface area (Å²) in [5.74, 6) is 0.275. The van der Waals surface area contributed by atoms with E-state index in [1.54, 1.807) is 16.6 Å². The first-order valence-corrected chi connectivity index (χ1v) is 13.9. The summed E-state index contributed by atoms with van der Waals surface area (Å²) in [4.78, 5) is 7.33. The van der Waals surface area contributed by atoms with Crippen LogP contribution in [0.5, 0.6) is 0 Å². The van der Waals surface area contributed by atoms with Gasteiger partial charge in [-0.15, -0.1) is 0 Å².